The SMILES string of the molecule is C[C@@H](OC(=O)C1=CC=CN2CCS(=O)(=O)N=C12)C(=O)N1CC(=O)Nc2ccccc21. The van der Waals surface area contributed by atoms with Crippen molar-refractivity contribution in [2.45, 2.75) is 13.0 Å². The van der Waals surface area contributed by atoms with Gasteiger partial charge in [0.05, 0.1) is 17.1 Å². The van der Waals surface area contributed by atoms with Crippen molar-refractivity contribution in [3.05, 3.63) is 48.2 Å². The highest BCUT2D eigenvalue weighted by molar-refractivity contribution is 7.90. The van der Waals surface area contributed by atoms with E-state index in [9.17, 15) is 22.8 Å². The number of esters is 1. The van der Waals surface area contributed by atoms with E-state index in [2.05, 4.69) is 9.71 Å². The molecule has 3 heterocycles. The maximum atomic E-state index is 12.9. The molecule has 2 amide bonds. The molecule has 0 saturated carbocycles. The van der Waals surface area contributed by atoms with Crippen molar-refractivity contribution in [2.75, 3.05) is 29.1 Å². The third kappa shape index (κ3) is 3.71. The second-order valence-electron chi connectivity index (χ2n) is 6.85. The van der Waals surface area contributed by atoms with E-state index >= 15 is 0 Å². The minimum Gasteiger partial charge on any atom is -0.449 e. The summed E-state index contributed by atoms with van der Waals surface area (Å²) in [6, 6.07) is 6.79. The fraction of sp³-hybridized carbons (Fsp3) is 0.263. The summed E-state index contributed by atoms with van der Waals surface area (Å²) in [4.78, 5) is 40.3. The van der Waals surface area contributed by atoms with E-state index in [1.165, 1.54) is 22.8 Å². The molecule has 0 radical (unpaired) electrons. The molecule has 1 aromatic carbocycles. The number of anilines is 2. The molecule has 4 rings (SSSR count). The fourth-order valence-electron chi connectivity index (χ4n) is 3.30. The molecule has 1 aromatic rings. The summed E-state index contributed by atoms with van der Waals surface area (Å²) in [7, 11) is -3.68. The lowest BCUT2D eigenvalue weighted by Crippen LogP contribution is -2.47. The van der Waals surface area contributed by atoms with Gasteiger partial charge in [-0.25, -0.2) is 13.2 Å². The Morgan fingerprint density at radius 1 is 1.27 bits per heavy atom. The highest BCUT2D eigenvalue weighted by atomic mass is 32.2. The number of para-hydroxylation sites is 2. The molecule has 0 unspecified atom stereocenters. The van der Waals surface area contributed by atoms with Gasteiger partial charge in [-0.05, 0) is 31.2 Å². The molecule has 30 heavy (non-hydrogen) atoms. The van der Waals surface area contributed by atoms with Gasteiger partial charge in [-0.2, -0.15) is 0 Å². The normalized spacial score (nSPS) is 20.2. The number of sulfonamides is 1. The van der Waals surface area contributed by atoms with Gasteiger partial charge in [0.25, 0.3) is 15.9 Å². The average molecular weight is 430 g/mol. The first-order valence-corrected chi connectivity index (χ1v) is 10.8. The maximum Gasteiger partial charge on any atom is 0.342 e. The molecule has 1 N–H and O–H groups in total. The van der Waals surface area contributed by atoms with Crippen LogP contribution in [0.4, 0.5) is 11.4 Å². The van der Waals surface area contributed by atoms with E-state index in [0.29, 0.717) is 11.4 Å². The van der Waals surface area contributed by atoms with Gasteiger partial charge < -0.3 is 15.0 Å². The van der Waals surface area contributed by atoms with E-state index in [1.807, 2.05) is 0 Å². The van der Waals surface area contributed by atoms with Gasteiger partial charge in [0.15, 0.2) is 11.9 Å². The zero-order valence-electron chi connectivity index (χ0n) is 15.9. The molecule has 156 valence electrons. The highest BCUT2D eigenvalue weighted by Gasteiger charge is 2.35. The second-order valence-corrected chi connectivity index (χ2v) is 8.61. The van der Waals surface area contributed by atoms with Crippen LogP contribution < -0.4 is 10.2 Å². The van der Waals surface area contributed by atoms with Crippen molar-refractivity contribution in [3.63, 3.8) is 0 Å². The van der Waals surface area contributed by atoms with E-state index < -0.39 is 28.0 Å². The Labute approximate surface area is 172 Å². The Morgan fingerprint density at radius 2 is 2.03 bits per heavy atom. The van der Waals surface area contributed by atoms with Crippen LogP contribution in [0.2, 0.25) is 0 Å². The smallest absolute Gasteiger partial charge is 0.342 e. The molecule has 3 aliphatic rings. The number of amides is 2. The lowest BCUT2D eigenvalue weighted by Gasteiger charge is -2.31. The fourth-order valence-corrected chi connectivity index (χ4v) is 4.28. The molecule has 0 aromatic heterocycles. The molecule has 0 saturated heterocycles. The second kappa shape index (κ2) is 7.41. The number of rotatable bonds is 3. The van der Waals surface area contributed by atoms with Crippen LogP contribution in [0, 0.1) is 0 Å². The zero-order chi connectivity index (χ0) is 21.5. The Bertz CT molecular complexity index is 1140. The summed E-state index contributed by atoms with van der Waals surface area (Å²) in [6.07, 6.45) is 3.37. The van der Waals surface area contributed by atoms with Gasteiger partial charge in [-0.15, -0.1) is 4.40 Å². The predicted octanol–water partition coefficient (Wildman–Crippen LogP) is 0.401. The van der Waals surface area contributed by atoms with Crippen LogP contribution in [0.15, 0.2) is 52.6 Å². The van der Waals surface area contributed by atoms with Crippen molar-refractivity contribution in [3.8, 4) is 0 Å². The summed E-state index contributed by atoms with van der Waals surface area (Å²) >= 11 is 0. The predicted molar refractivity (Wildman–Crippen MR) is 108 cm³/mol. The number of nitrogens with zero attached hydrogens (tertiary/aromatic N) is 3. The quantitative estimate of drug-likeness (QED) is 0.688. The van der Waals surface area contributed by atoms with E-state index in [4.69, 9.17) is 4.74 Å². The molecule has 1 atom stereocenters. The number of nitrogens with one attached hydrogen (secondary N) is 1. The van der Waals surface area contributed by atoms with Crippen LogP contribution in [-0.2, 0) is 29.1 Å². The van der Waals surface area contributed by atoms with Crippen LogP contribution in [0.1, 0.15) is 6.92 Å². The molecule has 0 bridgehead atoms. The number of hydrogen-bond acceptors (Lipinski definition) is 7. The van der Waals surface area contributed by atoms with Crippen LogP contribution in [0.5, 0.6) is 0 Å². The van der Waals surface area contributed by atoms with E-state index in [0.717, 1.165) is 0 Å². The number of allylic oxidation sites excluding steroid dienone is 2. The van der Waals surface area contributed by atoms with Gasteiger partial charge in [0.2, 0.25) is 5.91 Å². The monoisotopic (exact) mass is 430 g/mol. The van der Waals surface area contributed by atoms with Crippen LogP contribution in [0.25, 0.3) is 0 Å². The van der Waals surface area contributed by atoms with Crippen LogP contribution >= 0.6 is 0 Å². The van der Waals surface area contributed by atoms with Crippen molar-refractivity contribution < 1.29 is 27.5 Å². The van der Waals surface area contributed by atoms with Crippen LogP contribution in [0.3, 0.4) is 0 Å². The zero-order valence-corrected chi connectivity index (χ0v) is 16.8. The molecule has 0 spiro atoms. The van der Waals surface area contributed by atoms with Crippen molar-refractivity contribution >= 4 is 45.0 Å². The first kappa shape index (κ1) is 19.8. The van der Waals surface area contributed by atoms with Crippen molar-refractivity contribution in [1.29, 1.82) is 0 Å². The van der Waals surface area contributed by atoms with Gasteiger partial charge in [0.1, 0.15) is 12.1 Å². The third-order valence-electron chi connectivity index (χ3n) is 4.75. The topological polar surface area (TPSA) is 125 Å². The Morgan fingerprint density at radius 3 is 2.83 bits per heavy atom. The minimum absolute atomic E-state index is 0.0314. The standard InChI is InChI=1S/C19H18N4O6S/c1-12(18(25)23-11-16(24)20-14-6-2-3-7-15(14)23)29-19(26)13-5-4-8-22-9-10-30(27,28)21-17(13)22/h2-8,12H,9-11H2,1H3,(H,20,24)/t12-/m1/s1. The lowest BCUT2D eigenvalue weighted by atomic mass is 10.1. The number of carbonyl (C=O) groups excluding carboxylic acids is 3. The summed E-state index contributed by atoms with van der Waals surface area (Å²) < 4.78 is 32.7. The van der Waals surface area contributed by atoms with E-state index in [1.54, 1.807) is 36.5 Å². The third-order valence-corrected chi connectivity index (χ3v) is 5.90. The first-order valence-electron chi connectivity index (χ1n) is 9.14. The minimum atomic E-state index is -3.68. The number of benzene rings is 1. The Balaban J connectivity index is 1.54. The van der Waals surface area contributed by atoms with Gasteiger partial charge in [0, 0.05) is 12.7 Å². The molecule has 10 nitrogen and oxygen atoms in total. The Hall–Kier alpha value is -3.47. The highest BCUT2D eigenvalue weighted by Crippen LogP contribution is 2.29. The van der Waals surface area contributed by atoms with Crippen molar-refractivity contribution in [2.24, 2.45) is 4.40 Å². The van der Waals surface area contributed by atoms with Gasteiger partial charge >= 0.3 is 5.97 Å². The maximum absolute atomic E-state index is 12.9. The van der Waals surface area contributed by atoms with Crippen LogP contribution in [-0.4, -0.2) is 61.9 Å². The molecular weight excluding hydrogens is 412 g/mol. The van der Waals surface area contributed by atoms with Crippen molar-refractivity contribution in [1.82, 2.24) is 4.90 Å². The summed E-state index contributed by atoms with van der Waals surface area (Å²) in [5.41, 5.74) is 0.925. The summed E-state index contributed by atoms with van der Waals surface area (Å²) in [5.74, 6) is -2.01. The van der Waals surface area contributed by atoms with Gasteiger partial charge in [-0.3, -0.25) is 14.5 Å². The number of fused-ring (bicyclic) bond motifs is 2. The molecule has 0 fully saturated rings. The molecule has 3 aliphatic heterocycles. The summed E-state index contributed by atoms with van der Waals surface area (Å²) in [5, 5.41) is 2.68. The number of hydrogen-bond donors (Lipinski definition) is 1. The molecule has 0 aliphatic carbocycles. The molecule has 11 heteroatoms. The average Bonchev–Trinajstić information content (AvgIpc) is 2.71. The van der Waals surface area contributed by atoms with E-state index in [-0.39, 0.29) is 36.2 Å². The lowest BCUT2D eigenvalue weighted by molar-refractivity contribution is -0.149. The number of carbonyl (C=O) groups is 3. The summed E-state index contributed by atoms with van der Waals surface area (Å²) in [6.45, 7) is 1.35. The number of ether oxygens (including phenoxy) is 1. The number of amidine groups is 1. The Kier molecular flexibility index (Phi) is 4.90. The largest absolute Gasteiger partial charge is 0.449 e. The first-order chi connectivity index (χ1) is 14.2. The van der Waals surface area contributed by atoms with Gasteiger partial charge in [-0.1, -0.05) is 12.1 Å². The molecular formula is C19H18N4O6S.